The third-order valence-corrected chi connectivity index (χ3v) is 3.99. The Morgan fingerprint density at radius 1 is 1.26 bits per heavy atom. The molecule has 0 amide bonds. The third-order valence-electron chi connectivity index (χ3n) is 3.22. The van der Waals surface area contributed by atoms with Crippen molar-refractivity contribution in [1.29, 1.82) is 0 Å². The molecule has 8 nitrogen and oxygen atoms in total. The topological polar surface area (TPSA) is 91.5 Å². The van der Waals surface area contributed by atoms with E-state index < -0.39 is 0 Å². The first kappa shape index (κ1) is 13.8. The van der Waals surface area contributed by atoms with Crippen molar-refractivity contribution in [1.82, 2.24) is 14.5 Å². The maximum Gasteiger partial charge on any atom is 0.322 e. The van der Waals surface area contributed by atoms with E-state index in [2.05, 4.69) is 19.8 Å². The number of nitrogens with one attached hydrogen (secondary N) is 1. The standard InChI is InChI=1S/C14H12N4O4S/c1-19-12-5-11(23-18-12)13-16-14(22-17-13)15-6-8-2-3-9-10(4-8)21-7-20-9/h2-5H,6-7H2,1H3,(H,15,16,17). The first-order valence-electron chi connectivity index (χ1n) is 6.79. The number of ether oxygens (including phenoxy) is 3. The zero-order chi connectivity index (χ0) is 15.6. The number of rotatable bonds is 5. The molecule has 1 aliphatic heterocycles. The van der Waals surface area contributed by atoms with Crippen molar-refractivity contribution >= 4 is 17.5 Å². The SMILES string of the molecule is COc1cc(-c2noc(NCc3ccc4c(c3)OCO4)n2)sn1. The van der Waals surface area contributed by atoms with Crippen LogP contribution in [0, 0.1) is 0 Å². The third kappa shape index (κ3) is 2.78. The van der Waals surface area contributed by atoms with Crippen LogP contribution in [-0.2, 0) is 6.54 Å². The van der Waals surface area contributed by atoms with Crippen LogP contribution in [0.2, 0.25) is 0 Å². The lowest BCUT2D eigenvalue weighted by Crippen LogP contribution is -1.99. The summed E-state index contributed by atoms with van der Waals surface area (Å²) in [5.41, 5.74) is 1.02. The number of nitrogens with zero attached hydrogens (tertiary/aromatic N) is 3. The molecule has 1 aromatic carbocycles. The summed E-state index contributed by atoms with van der Waals surface area (Å²) in [6.07, 6.45) is 0. The fraction of sp³-hybridized carbons (Fsp3) is 0.214. The largest absolute Gasteiger partial charge is 0.480 e. The van der Waals surface area contributed by atoms with Gasteiger partial charge in [-0.15, -0.1) is 0 Å². The molecule has 0 aliphatic carbocycles. The first-order chi connectivity index (χ1) is 11.3. The Morgan fingerprint density at radius 3 is 3.04 bits per heavy atom. The number of benzene rings is 1. The molecule has 0 saturated heterocycles. The monoisotopic (exact) mass is 332 g/mol. The number of methoxy groups -OCH3 is 1. The van der Waals surface area contributed by atoms with E-state index in [0.717, 1.165) is 21.9 Å². The van der Waals surface area contributed by atoms with Gasteiger partial charge in [-0.05, 0) is 29.2 Å². The van der Waals surface area contributed by atoms with Gasteiger partial charge in [-0.25, -0.2) is 0 Å². The molecular formula is C14H12N4O4S. The predicted octanol–water partition coefficient (Wildman–Crippen LogP) is 2.54. The zero-order valence-electron chi connectivity index (χ0n) is 12.1. The van der Waals surface area contributed by atoms with E-state index in [9.17, 15) is 0 Å². The van der Waals surface area contributed by atoms with Gasteiger partial charge in [-0.1, -0.05) is 11.2 Å². The molecule has 1 aliphatic rings. The quantitative estimate of drug-likeness (QED) is 0.762. The van der Waals surface area contributed by atoms with E-state index in [0.29, 0.717) is 24.3 Å². The molecule has 0 spiro atoms. The number of aromatic nitrogens is 3. The Labute approximate surface area is 135 Å². The molecule has 0 unspecified atom stereocenters. The van der Waals surface area contributed by atoms with Gasteiger partial charge in [0.25, 0.3) is 0 Å². The van der Waals surface area contributed by atoms with Gasteiger partial charge in [0.05, 0.1) is 12.0 Å². The van der Waals surface area contributed by atoms with Crippen LogP contribution in [0.25, 0.3) is 10.7 Å². The lowest BCUT2D eigenvalue weighted by atomic mass is 10.2. The maximum absolute atomic E-state index is 5.35. The van der Waals surface area contributed by atoms with Gasteiger partial charge in [-0.3, -0.25) is 0 Å². The van der Waals surface area contributed by atoms with Crippen molar-refractivity contribution in [2.45, 2.75) is 6.54 Å². The summed E-state index contributed by atoms with van der Waals surface area (Å²) in [5, 5.41) is 7.01. The van der Waals surface area contributed by atoms with Gasteiger partial charge in [0, 0.05) is 12.6 Å². The van der Waals surface area contributed by atoms with Crippen LogP contribution >= 0.6 is 11.5 Å². The van der Waals surface area contributed by atoms with E-state index in [4.69, 9.17) is 18.7 Å². The van der Waals surface area contributed by atoms with Gasteiger partial charge >= 0.3 is 6.01 Å². The second kappa shape index (κ2) is 5.76. The van der Waals surface area contributed by atoms with E-state index in [1.807, 2.05) is 18.2 Å². The maximum atomic E-state index is 5.35. The fourth-order valence-corrected chi connectivity index (χ4v) is 2.72. The summed E-state index contributed by atoms with van der Waals surface area (Å²) < 4.78 is 25.0. The number of hydrogen-bond acceptors (Lipinski definition) is 9. The number of fused-ring (bicyclic) bond motifs is 1. The summed E-state index contributed by atoms with van der Waals surface area (Å²) in [7, 11) is 1.56. The molecule has 0 bridgehead atoms. The van der Waals surface area contributed by atoms with Crippen LogP contribution in [0.1, 0.15) is 5.56 Å². The smallest absolute Gasteiger partial charge is 0.322 e. The van der Waals surface area contributed by atoms with Crippen LogP contribution in [-0.4, -0.2) is 28.4 Å². The van der Waals surface area contributed by atoms with Crippen LogP contribution in [0.4, 0.5) is 6.01 Å². The molecule has 23 heavy (non-hydrogen) atoms. The van der Waals surface area contributed by atoms with Crippen molar-refractivity contribution in [3.63, 3.8) is 0 Å². The molecule has 3 aromatic rings. The molecule has 118 valence electrons. The Morgan fingerprint density at radius 2 is 2.17 bits per heavy atom. The zero-order valence-corrected chi connectivity index (χ0v) is 12.9. The van der Waals surface area contributed by atoms with Gasteiger partial charge < -0.3 is 24.1 Å². The van der Waals surface area contributed by atoms with Crippen molar-refractivity contribution < 1.29 is 18.7 Å². The number of anilines is 1. The molecule has 9 heteroatoms. The summed E-state index contributed by atoms with van der Waals surface area (Å²) in [6.45, 7) is 0.793. The molecule has 2 aromatic heterocycles. The highest BCUT2D eigenvalue weighted by atomic mass is 32.1. The molecule has 0 saturated carbocycles. The van der Waals surface area contributed by atoms with Crippen LogP contribution in [0.3, 0.4) is 0 Å². The minimum absolute atomic E-state index is 0.261. The second-order valence-corrected chi connectivity index (χ2v) is 5.50. The summed E-state index contributed by atoms with van der Waals surface area (Å²) >= 11 is 1.25. The molecule has 1 N–H and O–H groups in total. The van der Waals surface area contributed by atoms with Crippen molar-refractivity contribution in [2.24, 2.45) is 0 Å². The highest BCUT2D eigenvalue weighted by Gasteiger charge is 2.14. The number of hydrogen-bond donors (Lipinski definition) is 1. The lowest BCUT2D eigenvalue weighted by Gasteiger charge is -2.02. The highest BCUT2D eigenvalue weighted by molar-refractivity contribution is 7.09. The lowest BCUT2D eigenvalue weighted by molar-refractivity contribution is 0.174. The summed E-state index contributed by atoms with van der Waals surface area (Å²) in [4.78, 5) is 5.07. The van der Waals surface area contributed by atoms with E-state index in [1.54, 1.807) is 13.2 Å². The van der Waals surface area contributed by atoms with Crippen LogP contribution < -0.4 is 19.5 Å². The Hall–Kier alpha value is -2.81. The molecular weight excluding hydrogens is 320 g/mol. The van der Waals surface area contributed by atoms with Crippen molar-refractivity contribution in [3.05, 3.63) is 29.8 Å². The van der Waals surface area contributed by atoms with Crippen molar-refractivity contribution in [3.8, 4) is 28.1 Å². The van der Waals surface area contributed by atoms with Crippen LogP contribution in [0.5, 0.6) is 17.4 Å². The molecule has 0 atom stereocenters. The highest BCUT2D eigenvalue weighted by Crippen LogP contribution is 2.32. The second-order valence-electron chi connectivity index (χ2n) is 4.70. The summed E-state index contributed by atoms with van der Waals surface area (Å²) in [5.74, 6) is 2.50. The Kier molecular flexibility index (Phi) is 3.46. The Balaban J connectivity index is 1.43. The van der Waals surface area contributed by atoms with Gasteiger partial charge in [-0.2, -0.15) is 9.36 Å². The van der Waals surface area contributed by atoms with Crippen molar-refractivity contribution in [2.75, 3.05) is 19.2 Å². The minimum Gasteiger partial charge on any atom is -0.480 e. The van der Waals surface area contributed by atoms with E-state index >= 15 is 0 Å². The summed E-state index contributed by atoms with van der Waals surface area (Å²) in [6, 6.07) is 7.84. The van der Waals surface area contributed by atoms with E-state index in [-0.39, 0.29) is 6.79 Å². The fourth-order valence-electron chi connectivity index (χ4n) is 2.08. The average molecular weight is 332 g/mol. The first-order valence-corrected chi connectivity index (χ1v) is 7.56. The molecule has 3 heterocycles. The van der Waals surface area contributed by atoms with Crippen LogP contribution in [0.15, 0.2) is 28.8 Å². The predicted molar refractivity (Wildman–Crippen MR) is 81.8 cm³/mol. The molecule has 4 rings (SSSR count). The normalized spacial score (nSPS) is 12.4. The van der Waals surface area contributed by atoms with Gasteiger partial charge in [0.15, 0.2) is 11.5 Å². The van der Waals surface area contributed by atoms with E-state index in [1.165, 1.54) is 11.5 Å². The van der Waals surface area contributed by atoms with Gasteiger partial charge in [0.2, 0.25) is 18.5 Å². The molecule has 0 fully saturated rings. The van der Waals surface area contributed by atoms with Gasteiger partial charge in [0.1, 0.15) is 0 Å². The Bertz CT molecular complexity index is 832. The average Bonchev–Trinajstić information content (AvgIpc) is 3.31. The minimum atomic E-state index is 0.261. The molecule has 0 radical (unpaired) electrons.